The molecule has 0 aromatic heterocycles. The normalized spacial score (nSPS) is 61.7. The third-order valence-electron chi connectivity index (χ3n) is 11.4. The van der Waals surface area contributed by atoms with Crippen LogP contribution in [0.4, 0.5) is 0 Å². The van der Waals surface area contributed by atoms with Crippen molar-refractivity contribution in [2.75, 3.05) is 6.61 Å². The molecule has 0 unspecified atom stereocenters. The van der Waals surface area contributed by atoms with Crippen LogP contribution in [0, 0.1) is 46.3 Å². The van der Waals surface area contributed by atoms with Crippen molar-refractivity contribution in [3.05, 3.63) is 0 Å². The van der Waals surface area contributed by atoms with Gasteiger partial charge in [-0.2, -0.15) is 0 Å². The molecule has 2 aliphatic heterocycles. The number of ether oxygens (including phenoxy) is 2. The standard InChI is InChI=1S/C26H42O3/c1-16-6-11-26(28-15-16)14-22-23(29-26)13-21-19-5-4-17-12-18(27)7-9-24(17,2)20(19)8-10-25(21,22)3/h16-23,27H,4-15H2,1-3H3/t16-,17+,18+,19+,20-,21+,22+,23+,24+,25+,26-/m1/s1. The Morgan fingerprint density at radius 2 is 1.66 bits per heavy atom. The first-order chi connectivity index (χ1) is 13.8. The van der Waals surface area contributed by atoms with Gasteiger partial charge in [-0.25, -0.2) is 0 Å². The summed E-state index contributed by atoms with van der Waals surface area (Å²) < 4.78 is 13.1. The van der Waals surface area contributed by atoms with Gasteiger partial charge in [0.2, 0.25) is 0 Å². The fraction of sp³-hybridized carbons (Fsp3) is 1.00. The number of hydrogen-bond acceptors (Lipinski definition) is 3. The second kappa shape index (κ2) is 6.45. The first kappa shape index (κ1) is 19.6. The lowest BCUT2D eigenvalue weighted by Crippen LogP contribution is -2.54. The van der Waals surface area contributed by atoms with Crippen molar-refractivity contribution in [2.24, 2.45) is 46.3 Å². The molecular weight excluding hydrogens is 360 g/mol. The fourth-order valence-electron chi connectivity index (χ4n) is 9.65. The Morgan fingerprint density at radius 3 is 2.45 bits per heavy atom. The van der Waals surface area contributed by atoms with Crippen LogP contribution in [0.1, 0.15) is 91.4 Å². The van der Waals surface area contributed by atoms with E-state index >= 15 is 0 Å². The number of rotatable bonds is 0. The average molecular weight is 403 g/mol. The van der Waals surface area contributed by atoms with E-state index in [4.69, 9.17) is 9.47 Å². The molecule has 2 saturated heterocycles. The van der Waals surface area contributed by atoms with Crippen LogP contribution in [-0.4, -0.2) is 29.7 Å². The number of hydrogen-bond donors (Lipinski definition) is 1. The van der Waals surface area contributed by atoms with Crippen molar-refractivity contribution in [1.29, 1.82) is 0 Å². The molecule has 29 heavy (non-hydrogen) atoms. The molecule has 2 heterocycles. The zero-order chi connectivity index (χ0) is 20.0. The summed E-state index contributed by atoms with van der Waals surface area (Å²) in [5.74, 6) is 4.54. The van der Waals surface area contributed by atoms with Gasteiger partial charge in [-0.05, 0) is 104 Å². The van der Waals surface area contributed by atoms with Crippen LogP contribution < -0.4 is 0 Å². The van der Waals surface area contributed by atoms with Crippen LogP contribution in [0.3, 0.4) is 0 Å². The highest BCUT2D eigenvalue weighted by Gasteiger charge is 2.66. The van der Waals surface area contributed by atoms with Gasteiger partial charge in [0.25, 0.3) is 0 Å². The lowest BCUT2D eigenvalue weighted by molar-refractivity contribution is -0.256. The first-order valence-corrected chi connectivity index (χ1v) is 12.8. The molecule has 1 spiro atoms. The summed E-state index contributed by atoms with van der Waals surface area (Å²) in [7, 11) is 0. The molecule has 4 saturated carbocycles. The SMILES string of the molecule is C[C@@H]1CC[C@@]2(C[C@H]3[C@H](C[C@H]4[C@H]5CC[C@H]6C[C@@H](O)CC[C@]6(C)[C@@H]5CC[C@@]43C)O2)OC1. The Bertz CT molecular complexity index is 654. The molecule has 3 nitrogen and oxygen atoms in total. The topological polar surface area (TPSA) is 38.7 Å². The highest BCUT2D eigenvalue weighted by atomic mass is 16.7. The number of aliphatic hydroxyl groups excluding tert-OH is 1. The Hall–Kier alpha value is -0.120. The van der Waals surface area contributed by atoms with Gasteiger partial charge in [-0.1, -0.05) is 20.8 Å². The lowest BCUT2D eigenvalue weighted by atomic mass is 9.44. The van der Waals surface area contributed by atoms with E-state index in [-0.39, 0.29) is 11.9 Å². The van der Waals surface area contributed by atoms with Crippen LogP contribution in [0.2, 0.25) is 0 Å². The number of fused-ring (bicyclic) bond motifs is 7. The zero-order valence-corrected chi connectivity index (χ0v) is 18.9. The van der Waals surface area contributed by atoms with Crippen molar-refractivity contribution in [2.45, 2.75) is 109 Å². The van der Waals surface area contributed by atoms with Crippen molar-refractivity contribution >= 4 is 0 Å². The smallest absolute Gasteiger partial charge is 0.169 e. The van der Waals surface area contributed by atoms with Gasteiger partial charge in [0.05, 0.1) is 18.8 Å². The van der Waals surface area contributed by atoms with Crippen LogP contribution >= 0.6 is 0 Å². The molecule has 0 aromatic rings. The maximum absolute atomic E-state index is 10.3. The number of aliphatic hydroxyl groups is 1. The van der Waals surface area contributed by atoms with Crippen molar-refractivity contribution in [3.63, 3.8) is 0 Å². The van der Waals surface area contributed by atoms with Crippen molar-refractivity contribution in [3.8, 4) is 0 Å². The van der Waals surface area contributed by atoms with E-state index in [0.717, 1.165) is 56.0 Å². The van der Waals surface area contributed by atoms with E-state index in [1.807, 2.05) is 0 Å². The van der Waals surface area contributed by atoms with E-state index in [9.17, 15) is 5.11 Å². The maximum Gasteiger partial charge on any atom is 0.169 e. The maximum atomic E-state index is 10.3. The van der Waals surface area contributed by atoms with Gasteiger partial charge in [0.15, 0.2) is 5.79 Å². The van der Waals surface area contributed by atoms with E-state index in [2.05, 4.69) is 20.8 Å². The Morgan fingerprint density at radius 1 is 0.828 bits per heavy atom. The average Bonchev–Trinajstić information content (AvgIpc) is 3.18. The van der Waals surface area contributed by atoms with Crippen molar-refractivity contribution < 1.29 is 14.6 Å². The molecule has 6 rings (SSSR count). The Balaban J connectivity index is 1.23. The summed E-state index contributed by atoms with van der Waals surface area (Å²) in [5, 5.41) is 10.3. The van der Waals surface area contributed by atoms with Crippen LogP contribution in [0.15, 0.2) is 0 Å². The molecule has 0 bridgehead atoms. The summed E-state index contributed by atoms with van der Waals surface area (Å²) in [6, 6.07) is 0. The summed E-state index contributed by atoms with van der Waals surface area (Å²) in [6.45, 7) is 8.42. The molecule has 3 heteroatoms. The van der Waals surface area contributed by atoms with Gasteiger partial charge >= 0.3 is 0 Å². The molecule has 0 radical (unpaired) electrons. The van der Waals surface area contributed by atoms with Crippen LogP contribution in [-0.2, 0) is 9.47 Å². The minimum absolute atomic E-state index is 0.0351. The Kier molecular flexibility index (Phi) is 4.35. The Labute approximate surface area is 177 Å². The second-order valence-electron chi connectivity index (χ2n) is 12.7. The van der Waals surface area contributed by atoms with E-state index < -0.39 is 0 Å². The first-order valence-electron chi connectivity index (χ1n) is 12.8. The predicted octanol–water partition coefficient (Wildman–Crippen LogP) is 5.55. The highest BCUT2D eigenvalue weighted by Crippen LogP contribution is 2.70. The van der Waals surface area contributed by atoms with E-state index in [0.29, 0.717) is 28.8 Å². The lowest BCUT2D eigenvalue weighted by Gasteiger charge is -2.61. The van der Waals surface area contributed by atoms with Crippen LogP contribution in [0.5, 0.6) is 0 Å². The van der Waals surface area contributed by atoms with Crippen molar-refractivity contribution in [1.82, 2.24) is 0 Å². The molecule has 164 valence electrons. The van der Waals surface area contributed by atoms with Gasteiger partial charge in [0.1, 0.15) is 0 Å². The third kappa shape index (κ3) is 2.72. The molecule has 11 atom stereocenters. The molecule has 0 aromatic carbocycles. The summed E-state index contributed by atoms with van der Waals surface area (Å²) in [4.78, 5) is 0. The minimum atomic E-state index is -0.240. The summed E-state index contributed by atoms with van der Waals surface area (Å²) in [5.41, 5.74) is 0.936. The van der Waals surface area contributed by atoms with Gasteiger partial charge in [-0.3, -0.25) is 0 Å². The molecule has 6 aliphatic rings. The molecule has 1 N–H and O–H groups in total. The minimum Gasteiger partial charge on any atom is -0.393 e. The molecule has 0 amide bonds. The van der Waals surface area contributed by atoms with E-state index in [1.165, 1.54) is 44.9 Å². The molecule has 4 aliphatic carbocycles. The van der Waals surface area contributed by atoms with Gasteiger partial charge in [-0.15, -0.1) is 0 Å². The van der Waals surface area contributed by atoms with Crippen LogP contribution in [0.25, 0.3) is 0 Å². The third-order valence-corrected chi connectivity index (χ3v) is 11.4. The fourth-order valence-corrected chi connectivity index (χ4v) is 9.65. The second-order valence-corrected chi connectivity index (χ2v) is 12.7. The van der Waals surface area contributed by atoms with Gasteiger partial charge in [0, 0.05) is 12.8 Å². The monoisotopic (exact) mass is 402 g/mol. The zero-order valence-electron chi connectivity index (χ0n) is 18.9. The highest BCUT2D eigenvalue weighted by molar-refractivity contribution is 5.13. The van der Waals surface area contributed by atoms with Gasteiger partial charge < -0.3 is 14.6 Å². The molecule has 6 fully saturated rings. The summed E-state index contributed by atoms with van der Waals surface area (Å²) in [6.07, 6.45) is 14.1. The van der Waals surface area contributed by atoms with E-state index in [1.54, 1.807) is 0 Å². The predicted molar refractivity (Wildman–Crippen MR) is 113 cm³/mol. The summed E-state index contributed by atoms with van der Waals surface area (Å²) >= 11 is 0. The molecular formula is C26H42O3. The largest absolute Gasteiger partial charge is 0.393 e. The quantitative estimate of drug-likeness (QED) is 0.577.